The Morgan fingerprint density at radius 3 is 2.51 bits per heavy atom. The molecular weight excluding hydrogens is 860 g/mol. The topological polar surface area (TPSA) is 212 Å². The minimum absolute atomic E-state index is 0.0716. The van der Waals surface area contributed by atoms with Gasteiger partial charge in [0.25, 0.3) is 0 Å². The number of alkyl halides is 3. The number of aromatic nitrogens is 4. The second-order valence-electron chi connectivity index (χ2n) is 16.4. The van der Waals surface area contributed by atoms with Crippen LogP contribution in [0, 0.1) is 16.1 Å². The molecule has 19 heteroatoms. The molecule has 0 bridgehead atoms. The highest BCUT2D eigenvalue weighted by Gasteiger charge is 2.54. The van der Waals surface area contributed by atoms with Gasteiger partial charge in [-0.05, 0) is 93.6 Å². The Hall–Kier alpha value is -5.42. The Morgan fingerprint density at radius 2 is 1.81 bits per heavy atom. The average molecular weight is 908 g/mol. The number of hydrogen-bond acceptors (Lipinski definition) is 13. The van der Waals surface area contributed by atoms with Crippen molar-refractivity contribution in [2.24, 2.45) is 0 Å². The van der Waals surface area contributed by atoms with Crippen molar-refractivity contribution >= 4 is 42.2 Å². The molecule has 0 spiro atoms. The number of halogens is 3. The van der Waals surface area contributed by atoms with E-state index in [-0.39, 0.29) is 22.3 Å². The molecule has 0 radical (unpaired) electrons. The summed E-state index contributed by atoms with van der Waals surface area (Å²) in [5.74, 6) is -0.187. The molecule has 7 rings (SSSR count). The van der Waals surface area contributed by atoms with Crippen molar-refractivity contribution in [3.8, 4) is 23.2 Å². The molecule has 2 aromatic carbocycles. The molecule has 1 saturated carbocycles. The van der Waals surface area contributed by atoms with Crippen LogP contribution in [0.3, 0.4) is 0 Å². The van der Waals surface area contributed by atoms with Crippen LogP contribution in [-0.2, 0) is 46.4 Å². The zero-order valence-corrected chi connectivity index (χ0v) is 36.4. The van der Waals surface area contributed by atoms with Gasteiger partial charge in [0, 0.05) is 48.1 Å². The van der Waals surface area contributed by atoms with Crippen LogP contribution in [0.4, 0.5) is 19.0 Å². The van der Waals surface area contributed by atoms with Crippen molar-refractivity contribution in [1.82, 2.24) is 19.9 Å². The van der Waals surface area contributed by atoms with Crippen LogP contribution in [0.25, 0.3) is 22.4 Å². The maximum atomic E-state index is 14.3. The molecule has 2 fully saturated rings. The molecule has 3 N–H and O–H groups in total. The Morgan fingerprint density at radius 1 is 1.06 bits per heavy atom. The van der Waals surface area contributed by atoms with Crippen molar-refractivity contribution < 1.29 is 45.2 Å². The number of fused-ring (bicyclic) bond motifs is 1. The van der Waals surface area contributed by atoms with Gasteiger partial charge in [0.15, 0.2) is 21.4 Å². The Kier molecular flexibility index (Phi) is 13.0. The molecule has 3 aromatic heterocycles. The lowest BCUT2D eigenvalue weighted by Crippen LogP contribution is -2.44. The van der Waals surface area contributed by atoms with Crippen LogP contribution >= 0.6 is 0 Å². The van der Waals surface area contributed by atoms with E-state index in [2.05, 4.69) is 21.8 Å². The number of aliphatic hydroxyl groups is 1. The molecule has 0 amide bonds. The molecule has 1 saturated heterocycles. The van der Waals surface area contributed by atoms with Gasteiger partial charge in [0.05, 0.1) is 73.9 Å². The number of ketones is 1. The normalized spacial score (nSPS) is 18.3. The third-order valence-electron chi connectivity index (χ3n) is 11.6. The Labute approximate surface area is 363 Å². The van der Waals surface area contributed by atoms with Gasteiger partial charge in [-0.2, -0.15) is 18.4 Å². The van der Waals surface area contributed by atoms with Crippen LogP contribution < -0.4 is 9.64 Å². The van der Waals surface area contributed by atoms with Crippen LogP contribution in [0.5, 0.6) is 5.75 Å². The lowest BCUT2D eigenvalue weighted by Gasteiger charge is -2.35. The number of sulfone groups is 1. The molecule has 2 aliphatic rings. The highest BCUT2D eigenvalue weighted by atomic mass is 32.2. The molecule has 14 nitrogen and oxygen atoms in total. The summed E-state index contributed by atoms with van der Waals surface area (Å²) in [6, 6.07) is 15.4. The number of unbranched alkanes of at least 4 members (excludes halogenated alkanes) is 3. The lowest BCUT2D eigenvalue weighted by molar-refractivity contribution is -0.138. The number of ether oxygens (including phenoxy) is 2. The van der Waals surface area contributed by atoms with E-state index < -0.39 is 65.2 Å². The molecule has 5 aromatic rings. The SMILES string of the molecule is C[C@@H]1COCCN1c1cc(C2(S(=N)(=O)CCCCCCOc3ccc(S(=O)(=O)C[C@](C)(O)C(=O)Cc4ccc(C#N)c(C(F)(F)F)c4)cc3)CC2)nc(-c2ccnc3[nH]ccc23)n1. The molecule has 1 unspecified atom stereocenters. The summed E-state index contributed by atoms with van der Waals surface area (Å²) in [6.45, 7) is 5.14. The number of carbonyl (C=O) groups is 1. The van der Waals surface area contributed by atoms with E-state index in [4.69, 9.17) is 24.7 Å². The number of nitrogens with zero attached hydrogens (tertiary/aromatic N) is 5. The van der Waals surface area contributed by atoms with E-state index >= 15 is 0 Å². The molecule has 63 heavy (non-hydrogen) atoms. The number of rotatable bonds is 18. The molecule has 334 valence electrons. The van der Waals surface area contributed by atoms with E-state index in [0.29, 0.717) is 87.5 Å². The van der Waals surface area contributed by atoms with Gasteiger partial charge in [0.2, 0.25) is 0 Å². The zero-order valence-electron chi connectivity index (χ0n) is 34.8. The first-order valence-electron chi connectivity index (χ1n) is 20.6. The number of pyridine rings is 1. The van der Waals surface area contributed by atoms with Crippen molar-refractivity contribution in [2.75, 3.05) is 42.8 Å². The molecule has 3 atom stereocenters. The van der Waals surface area contributed by atoms with Crippen molar-refractivity contribution in [1.29, 1.82) is 10.0 Å². The first-order chi connectivity index (χ1) is 29.8. The van der Waals surface area contributed by atoms with Crippen molar-refractivity contribution in [3.05, 3.63) is 95.4 Å². The molecule has 4 heterocycles. The number of aromatic amines is 1. The van der Waals surface area contributed by atoms with Crippen LogP contribution in [0.15, 0.2) is 78.0 Å². The summed E-state index contributed by atoms with van der Waals surface area (Å²) in [7, 11) is -7.32. The number of nitrogens with one attached hydrogen (secondary N) is 2. The molecule has 1 aliphatic carbocycles. The Bertz CT molecular complexity index is 2750. The quantitative estimate of drug-likeness (QED) is 0.0749. The van der Waals surface area contributed by atoms with E-state index in [1.807, 2.05) is 24.4 Å². The standard InChI is InChI=1S/C44H48F3N7O7S2/c1-29-27-60-21-19-54(29)39-25-37(52-41(53-39)35-14-18-51-40-34(35)13-17-50-40)43(15-16-43)63(49,59)22-6-4-3-5-20-61-32-9-11-33(12-10-32)62(57,58)28-42(2,56)38(55)24-30-7-8-31(26-48)36(23-30)44(45,46)47/h7-14,17-18,23,25,29,49,56H,3-6,15-16,19-22,24,27-28H2,1-2H3,(H,50,51)/t29-,42+,63?/m1/s1. The summed E-state index contributed by atoms with van der Waals surface area (Å²) >= 11 is 0. The van der Waals surface area contributed by atoms with Gasteiger partial charge in [-0.25, -0.2) is 27.6 Å². The number of morpholine rings is 1. The van der Waals surface area contributed by atoms with Crippen molar-refractivity contribution in [3.63, 3.8) is 0 Å². The van der Waals surface area contributed by atoms with E-state index in [1.165, 1.54) is 30.3 Å². The fourth-order valence-corrected chi connectivity index (χ4v) is 11.7. The summed E-state index contributed by atoms with van der Waals surface area (Å²) in [6.07, 6.45) is 1.86. The highest BCUT2D eigenvalue weighted by molar-refractivity contribution is 7.93. The van der Waals surface area contributed by atoms with Crippen LogP contribution in [0.2, 0.25) is 0 Å². The number of Topliss-reactive ketones (excluding diaryl/α,β-unsaturated/α-hetero) is 1. The van der Waals surface area contributed by atoms with Gasteiger partial charge >= 0.3 is 6.18 Å². The smallest absolute Gasteiger partial charge is 0.417 e. The first kappa shape index (κ1) is 45.6. The second-order valence-corrected chi connectivity index (χ2v) is 20.9. The number of H-pyrrole nitrogens is 1. The largest absolute Gasteiger partial charge is 0.494 e. The third kappa shape index (κ3) is 10.0. The summed E-state index contributed by atoms with van der Waals surface area (Å²) < 4.78 is 101. The summed E-state index contributed by atoms with van der Waals surface area (Å²) in [5.41, 5.74) is -2.28. The highest BCUT2D eigenvalue weighted by Crippen LogP contribution is 2.54. The lowest BCUT2D eigenvalue weighted by atomic mass is 9.94. The third-order valence-corrected chi connectivity index (χ3v) is 16.3. The van der Waals surface area contributed by atoms with Gasteiger partial charge in [-0.15, -0.1) is 0 Å². The maximum Gasteiger partial charge on any atom is 0.417 e. The minimum Gasteiger partial charge on any atom is -0.494 e. The van der Waals surface area contributed by atoms with Crippen LogP contribution in [-0.4, -0.2) is 93.0 Å². The van der Waals surface area contributed by atoms with Gasteiger partial charge in [-0.1, -0.05) is 18.9 Å². The molecule has 1 aliphatic heterocycles. The van der Waals surface area contributed by atoms with Crippen molar-refractivity contribution in [2.45, 2.75) is 86.3 Å². The predicted molar refractivity (Wildman–Crippen MR) is 229 cm³/mol. The minimum atomic E-state index is -4.85. The summed E-state index contributed by atoms with van der Waals surface area (Å²) in [4.78, 5) is 32.4. The summed E-state index contributed by atoms with van der Waals surface area (Å²) in [5, 5.41) is 20.7. The van der Waals surface area contributed by atoms with Gasteiger partial charge in [-0.3, -0.25) is 9.57 Å². The number of carbonyl (C=O) groups excluding carboxylic acids is 1. The van der Waals surface area contributed by atoms with Crippen LogP contribution in [0.1, 0.15) is 74.8 Å². The predicted octanol–water partition coefficient (Wildman–Crippen LogP) is 7.15. The number of hydrogen-bond donors (Lipinski definition) is 3. The van der Waals surface area contributed by atoms with E-state index in [1.54, 1.807) is 6.20 Å². The fourth-order valence-electron chi connectivity index (χ4n) is 7.86. The number of anilines is 1. The second kappa shape index (κ2) is 18.0. The average Bonchev–Trinajstić information content (AvgIpc) is 3.94. The zero-order chi connectivity index (χ0) is 45.2. The monoisotopic (exact) mass is 907 g/mol. The first-order valence-corrected chi connectivity index (χ1v) is 24.0. The molecular formula is C44H48F3N7O7S2. The number of nitriles is 1. The van der Waals surface area contributed by atoms with E-state index in [9.17, 15) is 40.5 Å². The van der Waals surface area contributed by atoms with Gasteiger partial charge < -0.3 is 24.5 Å². The van der Waals surface area contributed by atoms with Gasteiger partial charge in [0.1, 0.15) is 22.8 Å². The Balaban J connectivity index is 0.907. The van der Waals surface area contributed by atoms with E-state index in [0.717, 1.165) is 42.2 Å². The fraction of sp³-hybridized carbons (Fsp3) is 0.432. The number of benzene rings is 2. The maximum absolute atomic E-state index is 14.3.